The fourth-order valence-corrected chi connectivity index (χ4v) is 3.50. The zero-order valence-corrected chi connectivity index (χ0v) is 14.5. The number of carbonyl (C=O) groups excluding carboxylic acids is 1. The van der Waals surface area contributed by atoms with E-state index in [0.717, 1.165) is 42.9 Å². The molecule has 0 aromatic carbocycles. The average Bonchev–Trinajstić information content (AvgIpc) is 2.90. The summed E-state index contributed by atoms with van der Waals surface area (Å²) in [5, 5.41) is 17.3. The molecule has 2 aliphatic rings. The summed E-state index contributed by atoms with van der Waals surface area (Å²) in [6, 6.07) is -0.227. The highest BCUT2D eigenvalue weighted by Crippen LogP contribution is 2.20. The van der Waals surface area contributed by atoms with Gasteiger partial charge >= 0.3 is 0 Å². The van der Waals surface area contributed by atoms with Crippen LogP contribution >= 0.6 is 0 Å². The fourth-order valence-electron chi connectivity index (χ4n) is 3.50. The van der Waals surface area contributed by atoms with Crippen molar-refractivity contribution in [3.05, 3.63) is 17.0 Å². The van der Waals surface area contributed by atoms with Crippen molar-refractivity contribution in [3.63, 3.8) is 0 Å². The first-order valence-electron chi connectivity index (χ1n) is 8.75. The van der Waals surface area contributed by atoms with Crippen LogP contribution < -0.4 is 5.32 Å². The summed E-state index contributed by atoms with van der Waals surface area (Å²) in [5.74, 6) is 0.881. The van der Waals surface area contributed by atoms with Gasteiger partial charge in [-0.1, -0.05) is 5.16 Å². The molecule has 134 valence electrons. The lowest BCUT2D eigenvalue weighted by molar-refractivity contribution is -0.130. The van der Waals surface area contributed by atoms with Crippen LogP contribution in [-0.4, -0.2) is 59.5 Å². The number of ether oxygens (including phenoxy) is 1. The molecule has 0 saturated carbocycles. The molecule has 2 atom stereocenters. The number of amides is 1. The summed E-state index contributed by atoms with van der Waals surface area (Å²) >= 11 is 0. The van der Waals surface area contributed by atoms with Crippen molar-refractivity contribution in [1.82, 2.24) is 15.4 Å². The van der Waals surface area contributed by atoms with Crippen LogP contribution in [0.15, 0.2) is 4.52 Å². The fraction of sp³-hybridized carbons (Fsp3) is 0.765. The third-order valence-corrected chi connectivity index (χ3v) is 5.14. The molecule has 1 amide bonds. The zero-order valence-electron chi connectivity index (χ0n) is 14.5. The van der Waals surface area contributed by atoms with Gasteiger partial charge in [0.1, 0.15) is 5.76 Å². The van der Waals surface area contributed by atoms with Gasteiger partial charge in [0.05, 0.1) is 17.8 Å². The van der Waals surface area contributed by atoms with Crippen LogP contribution in [0.5, 0.6) is 0 Å². The number of rotatable bonds is 4. The Kier molecular flexibility index (Phi) is 5.53. The van der Waals surface area contributed by atoms with E-state index in [1.807, 2.05) is 13.8 Å². The maximum atomic E-state index is 12.4. The maximum absolute atomic E-state index is 12.4. The Labute approximate surface area is 142 Å². The predicted octanol–water partition coefficient (Wildman–Crippen LogP) is 0.769. The van der Waals surface area contributed by atoms with Crippen molar-refractivity contribution in [3.8, 4) is 0 Å². The summed E-state index contributed by atoms with van der Waals surface area (Å²) in [6.45, 7) is 7.31. The summed E-state index contributed by atoms with van der Waals surface area (Å²) in [7, 11) is 0. The Balaban J connectivity index is 1.58. The molecular weight excluding hydrogens is 310 g/mol. The Hall–Kier alpha value is -1.44. The van der Waals surface area contributed by atoms with E-state index >= 15 is 0 Å². The highest BCUT2D eigenvalue weighted by Gasteiger charge is 2.32. The molecule has 0 spiro atoms. The number of aryl methyl sites for hydroxylation is 2. The average molecular weight is 337 g/mol. The second-order valence-corrected chi connectivity index (χ2v) is 6.90. The number of likely N-dealkylation sites (tertiary alicyclic amines) is 1. The van der Waals surface area contributed by atoms with Crippen LogP contribution in [0.4, 0.5) is 0 Å². The largest absolute Gasteiger partial charge is 0.391 e. The molecule has 0 bridgehead atoms. The van der Waals surface area contributed by atoms with E-state index in [1.54, 1.807) is 0 Å². The molecule has 2 fully saturated rings. The summed E-state index contributed by atoms with van der Waals surface area (Å²) in [5.41, 5.74) is 2.00. The summed E-state index contributed by atoms with van der Waals surface area (Å²) < 4.78 is 10.5. The van der Waals surface area contributed by atoms with Crippen LogP contribution in [0.3, 0.4) is 0 Å². The topological polar surface area (TPSA) is 87.8 Å². The third-order valence-electron chi connectivity index (χ3n) is 5.14. The quantitative estimate of drug-likeness (QED) is 0.844. The molecule has 1 aromatic rings. The molecule has 0 radical (unpaired) electrons. The van der Waals surface area contributed by atoms with Crippen molar-refractivity contribution in [2.75, 3.05) is 26.3 Å². The molecule has 0 aliphatic carbocycles. The van der Waals surface area contributed by atoms with Crippen molar-refractivity contribution < 1.29 is 19.2 Å². The van der Waals surface area contributed by atoms with Gasteiger partial charge in [0.2, 0.25) is 5.91 Å². The summed E-state index contributed by atoms with van der Waals surface area (Å²) in [4.78, 5) is 14.7. The second-order valence-electron chi connectivity index (χ2n) is 6.90. The minimum absolute atomic E-state index is 0.00360. The first-order chi connectivity index (χ1) is 11.5. The van der Waals surface area contributed by atoms with Gasteiger partial charge in [-0.3, -0.25) is 9.69 Å². The van der Waals surface area contributed by atoms with Gasteiger partial charge in [0.25, 0.3) is 0 Å². The molecule has 0 unspecified atom stereocenters. The van der Waals surface area contributed by atoms with Crippen LogP contribution in [-0.2, 0) is 16.1 Å². The smallest absolute Gasteiger partial charge is 0.223 e. The van der Waals surface area contributed by atoms with E-state index in [2.05, 4.69) is 15.4 Å². The standard InChI is InChI=1S/C17H27N3O4/c1-11-14(12(2)24-19-11)9-20-6-3-16(21)15(10-20)18-17(22)13-4-7-23-8-5-13/h13,15-16,21H,3-10H2,1-2H3,(H,18,22)/t15-,16+/m1/s1. The van der Waals surface area contributed by atoms with Gasteiger partial charge in [-0.05, 0) is 33.1 Å². The third kappa shape index (κ3) is 3.96. The van der Waals surface area contributed by atoms with E-state index < -0.39 is 6.10 Å². The van der Waals surface area contributed by atoms with Crippen LogP contribution in [0.25, 0.3) is 0 Å². The van der Waals surface area contributed by atoms with Crippen LogP contribution in [0, 0.1) is 19.8 Å². The molecular formula is C17H27N3O4. The lowest BCUT2D eigenvalue weighted by Crippen LogP contribution is -2.56. The monoisotopic (exact) mass is 337 g/mol. The molecule has 3 rings (SSSR count). The Bertz CT molecular complexity index is 549. The van der Waals surface area contributed by atoms with Crippen molar-refractivity contribution >= 4 is 5.91 Å². The minimum atomic E-state index is -0.491. The minimum Gasteiger partial charge on any atom is -0.391 e. The van der Waals surface area contributed by atoms with Crippen molar-refractivity contribution in [2.45, 2.75) is 51.8 Å². The van der Waals surface area contributed by atoms with Gasteiger partial charge in [0, 0.05) is 44.3 Å². The predicted molar refractivity (Wildman–Crippen MR) is 87.4 cm³/mol. The number of hydrogen-bond acceptors (Lipinski definition) is 6. The van der Waals surface area contributed by atoms with Crippen LogP contribution in [0.2, 0.25) is 0 Å². The molecule has 7 nitrogen and oxygen atoms in total. The van der Waals surface area contributed by atoms with E-state index in [1.165, 1.54) is 0 Å². The second kappa shape index (κ2) is 7.63. The highest BCUT2D eigenvalue weighted by atomic mass is 16.5. The van der Waals surface area contributed by atoms with E-state index in [0.29, 0.717) is 26.2 Å². The molecule has 3 heterocycles. The zero-order chi connectivity index (χ0) is 17.1. The number of nitrogens with zero attached hydrogens (tertiary/aromatic N) is 2. The number of aliphatic hydroxyl groups is 1. The van der Waals surface area contributed by atoms with Gasteiger partial charge in [-0.2, -0.15) is 0 Å². The lowest BCUT2D eigenvalue weighted by Gasteiger charge is -2.37. The van der Waals surface area contributed by atoms with Gasteiger partial charge in [-0.25, -0.2) is 0 Å². The number of hydrogen-bond donors (Lipinski definition) is 2. The first kappa shape index (κ1) is 17.4. The maximum Gasteiger partial charge on any atom is 0.223 e. The van der Waals surface area contributed by atoms with Crippen molar-refractivity contribution in [1.29, 1.82) is 0 Å². The summed E-state index contributed by atoms with van der Waals surface area (Å²) in [6.07, 6.45) is 1.69. The first-order valence-corrected chi connectivity index (χ1v) is 8.75. The van der Waals surface area contributed by atoms with E-state index in [9.17, 15) is 9.90 Å². The Morgan fingerprint density at radius 2 is 2.08 bits per heavy atom. The number of aromatic nitrogens is 1. The molecule has 2 saturated heterocycles. The van der Waals surface area contributed by atoms with Gasteiger partial charge < -0.3 is 19.7 Å². The molecule has 7 heteroatoms. The van der Waals surface area contributed by atoms with Gasteiger partial charge in [-0.15, -0.1) is 0 Å². The Morgan fingerprint density at radius 3 is 2.75 bits per heavy atom. The van der Waals surface area contributed by atoms with Gasteiger partial charge in [0.15, 0.2) is 0 Å². The molecule has 24 heavy (non-hydrogen) atoms. The number of piperidine rings is 1. The van der Waals surface area contributed by atoms with E-state index in [-0.39, 0.29) is 17.9 Å². The molecule has 1 aromatic heterocycles. The number of aliphatic hydroxyl groups excluding tert-OH is 1. The van der Waals surface area contributed by atoms with E-state index in [4.69, 9.17) is 9.26 Å². The molecule has 2 N–H and O–H groups in total. The number of carbonyl (C=O) groups is 1. The Morgan fingerprint density at radius 1 is 1.33 bits per heavy atom. The SMILES string of the molecule is Cc1noc(C)c1CN1CC[C@H](O)[C@H](NC(=O)C2CCOCC2)C1. The van der Waals surface area contributed by atoms with Crippen LogP contribution in [0.1, 0.15) is 36.3 Å². The normalized spacial score (nSPS) is 26.5. The lowest BCUT2D eigenvalue weighted by atomic mass is 9.96. The van der Waals surface area contributed by atoms with Crippen molar-refractivity contribution in [2.24, 2.45) is 5.92 Å². The highest BCUT2D eigenvalue weighted by molar-refractivity contribution is 5.79. The number of nitrogens with one attached hydrogen (secondary N) is 1. The molecule has 2 aliphatic heterocycles.